The summed E-state index contributed by atoms with van der Waals surface area (Å²) in [6, 6.07) is 10.3. The van der Waals surface area contributed by atoms with Crippen molar-refractivity contribution in [3.8, 4) is 0 Å². The molecule has 0 bridgehead atoms. The highest BCUT2D eigenvalue weighted by Gasteiger charge is 2.04. The number of aromatic nitrogens is 2. The molecular formula is C13H14N3O5P. The van der Waals surface area contributed by atoms with Gasteiger partial charge in [-0.2, -0.15) is 0 Å². The molecule has 116 valence electrons. The highest BCUT2D eigenvalue weighted by atomic mass is 31.2. The standard InChI is InChI=1S/C11H9N3O2.C2H5O3P/c15-10(8-4-2-1-3-5-8)13-9-6-7-12-11(16)14-9;1-2-6(3,4)5/h1-7H,(H2,12,13,14,15,16);2H,1H2,(H2,3,4,5). The minimum atomic E-state index is -3.88. The number of carbonyl (C=O) groups is 1. The van der Waals surface area contributed by atoms with Crippen molar-refractivity contribution in [1.29, 1.82) is 0 Å². The van der Waals surface area contributed by atoms with E-state index in [-0.39, 0.29) is 5.91 Å². The lowest BCUT2D eigenvalue weighted by atomic mass is 10.2. The Balaban J connectivity index is 0.000000346. The molecule has 8 nitrogen and oxygen atoms in total. The molecular weight excluding hydrogens is 309 g/mol. The number of aromatic amines is 1. The van der Waals surface area contributed by atoms with E-state index in [0.29, 0.717) is 17.2 Å². The fourth-order valence-corrected chi connectivity index (χ4v) is 1.23. The number of benzene rings is 1. The average molecular weight is 323 g/mol. The van der Waals surface area contributed by atoms with Gasteiger partial charge in [0, 0.05) is 17.6 Å². The van der Waals surface area contributed by atoms with Gasteiger partial charge in [0.25, 0.3) is 5.91 Å². The Morgan fingerprint density at radius 2 is 1.86 bits per heavy atom. The monoisotopic (exact) mass is 323 g/mol. The van der Waals surface area contributed by atoms with E-state index < -0.39 is 13.3 Å². The number of H-pyrrole nitrogens is 1. The third kappa shape index (κ3) is 6.76. The summed E-state index contributed by atoms with van der Waals surface area (Å²) >= 11 is 0. The number of nitrogens with one attached hydrogen (secondary N) is 2. The third-order valence-electron chi connectivity index (χ3n) is 2.20. The summed E-state index contributed by atoms with van der Waals surface area (Å²) < 4.78 is 9.58. The van der Waals surface area contributed by atoms with E-state index in [9.17, 15) is 14.2 Å². The van der Waals surface area contributed by atoms with Crippen molar-refractivity contribution in [2.45, 2.75) is 0 Å². The highest BCUT2D eigenvalue weighted by molar-refractivity contribution is 7.55. The molecule has 0 saturated carbocycles. The number of rotatable bonds is 3. The summed E-state index contributed by atoms with van der Waals surface area (Å²) in [5, 5.41) is 2.56. The van der Waals surface area contributed by atoms with Gasteiger partial charge in [0.05, 0.1) is 0 Å². The van der Waals surface area contributed by atoms with Crippen LogP contribution in [0.2, 0.25) is 0 Å². The molecule has 22 heavy (non-hydrogen) atoms. The maximum absolute atomic E-state index is 11.7. The Kier molecular flexibility index (Phi) is 6.40. The summed E-state index contributed by atoms with van der Waals surface area (Å²) in [7, 11) is -3.88. The Morgan fingerprint density at radius 3 is 2.36 bits per heavy atom. The first-order chi connectivity index (χ1) is 10.3. The summed E-state index contributed by atoms with van der Waals surface area (Å²) in [5.74, 6) is 0.656. The molecule has 0 aliphatic rings. The molecule has 0 atom stereocenters. The van der Waals surface area contributed by atoms with Crippen molar-refractivity contribution in [3.63, 3.8) is 0 Å². The zero-order valence-corrected chi connectivity index (χ0v) is 12.2. The number of carbonyl (C=O) groups excluding carboxylic acids is 1. The quantitative estimate of drug-likeness (QED) is 0.630. The molecule has 1 amide bonds. The molecule has 0 aliphatic carbocycles. The SMILES string of the molecule is C=CP(=O)(O)O.O=C(Nc1ccnc(=O)[nH]1)c1ccccc1. The number of anilines is 1. The average Bonchev–Trinajstić information content (AvgIpc) is 2.48. The normalized spacial score (nSPS) is 10.1. The van der Waals surface area contributed by atoms with Crippen LogP contribution in [0.25, 0.3) is 0 Å². The molecule has 1 heterocycles. The minimum absolute atomic E-state index is 0.276. The van der Waals surface area contributed by atoms with Gasteiger partial charge in [-0.15, -0.1) is 0 Å². The smallest absolute Gasteiger partial charge is 0.321 e. The first-order valence-electron chi connectivity index (χ1n) is 5.92. The molecule has 1 aromatic carbocycles. The topological polar surface area (TPSA) is 132 Å². The zero-order valence-electron chi connectivity index (χ0n) is 11.3. The van der Waals surface area contributed by atoms with Gasteiger partial charge in [0.15, 0.2) is 0 Å². The van der Waals surface area contributed by atoms with Gasteiger partial charge in [0.2, 0.25) is 0 Å². The van der Waals surface area contributed by atoms with Gasteiger partial charge in [-0.3, -0.25) is 14.3 Å². The van der Waals surface area contributed by atoms with E-state index in [2.05, 4.69) is 21.9 Å². The molecule has 0 radical (unpaired) electrons. The van der Waals surface area contributed by atoms with Crippen molar-refractivity contribution in [2.24, 2.45) is 0 Å². The van der Waals surface area contributed by atoms with Crippen molar-refractivity contribution in [1.82, 2.24) is 9.97 Å². The van der Waals surface area contributed by atoms with Crippen LogP contribution in [0.4, 0.5) is 5.82 Å². The number of nitrogens with zero attached hydrogens (tertiary/aromatic N) is 1. The number of amides is 1. The van der Waals surface area contributed by atoms with E-state index in [1.54, 1.807) is 24.3 Å². The summed E-state index contributed by atoms with van der Waals surface area (Å²) in [6.07, 6.45) is 1.33. The maximum Gasteiger partial charge on any atom is 0.348 e. The van der Waals surface area contributed by atoms with E-state index in [1.165, 1.54) is 12.3 Å². The van der Waals surface area contributed by atoms with E-state index in [1.807, 2.05) is 6.07 Å². The lowest BCUT2D eigenvalue weighted by Crippen LogP contribution is -2.17. The van der Waals surface area contributed by atoms with Crippen molar-refractivity contribution in [3.05, 3.63) is 71.0 Å². The lowest BCUT2D eigenvalue weighted by molar-refractivity contribution is 0.102. The second-order valence-corrected chi connectivity index (χ2v) is 5.42. The van der Waals surface area contributed by atoms with Crippen LogP contribution in [0.5, 0.6) is 0 Å². The zero-order chi connectivity index (χ0) is 16.6. The van der Waals surface area contributed by atoms with Crippen LogP contribution in [0.15, 0.2) is 59.8 Å². The van der Waals surface area contributed by atoms with Crippen molar-refractivity contribution in [2.75, 3.05) is 5.32 Å². The molecule has 0 unspecified atom stereocenters. The molecule has 0 spiro atoms. The van der Waals surface area contributed by atoms with Gasteiger partial charge in [-0.1, -0.05) is 24.8 Å². The van der Waals surface area contributed by atoms with Crippen LogP contribution < -0.4 is 11.0 Å². The van der Waals surface area contributed by atoms with E-state index >= 15 is 0 Å². The first-order valence-corrected chi connectivity index (χ1v) is 7.60. The van der Waals surface area contributed by atoms with Gasteiger partial charge in [-0.25, -0.2) is 9.78 Å². The molecule has 4 N–H and O–H groups in total. The van der Waals surface area contributed by atoms with Crippen LogP contribution in [0.3, 0.4) is 0 Å². The maximum atomic E-state index is 11.7. The molecule has 9 heteroatoms. The van der Waals surface area contributed by atoms with Crippen LogP contribution in [0.1, 0.15) is 10.4 Å². The van der Waals surface area contributed by atoms with Gasteiger partial charge >= 0.3 is 13.3 Å². The lowest BCUT2D eigenvalue weighted by Gasteiger charge is -2.03. The van der Waals surface area contributed by atoms with Crippen molar-refractivity contribution >= 4 is 19.3 Å². The van der Waals surface area contributed by atoms with Crippen molar-refractivity contribution < 1.29 is 19.1 Å². The molecule has 0 saturated heterocycles. The van der Waals surface area contributed by atoms with Gasteiger partial charge in [-0.05, 0) is 18.2 Å². The highest BCUT2D eigenvalue weighted by Crippen LogP contribution is 2.34. The predicted molar refractivity (Wildman–Crippen MR) is 81.5 cm³/mol. The molecule has 0 fully saturated rings. The number of hydrogen-bond acceptors (Lipinski definition) is 4. The molecule has 2 aromatic rings. The van der Waals surface area contributed by atoms with E-state index in [0.717, 1.165) is 0 Å². The fraction of sp³-hybridized carbons (Fsp3) is 0. The van der Waals surface area contributed by atoms with Gasteiger partial charge < -0.3 is 15.1 Å². The third-order valence-corrected chi connectivity index (χ3v) is 2.67. The summed E-state index contributed by atoms with van der Waals surface area (Å²) in [6.45, 7) is 2.87. The summed E-state index contributed by atoms with van der Waals surface area (Å²) in [4.78, 5) is 44.1. The number of hydrogen-bond donors (Lipinski definition) is 4. The molecule has 0 aliphatic heterocycles. The van der Waals surface area contributed by atoms with E-state index in [4.69, 9.17) is 9.79 Å². The Hall–Kier alpha value is -2.54. The Bertz CT molecular complexity index is 739. The van der Waals surface area contributed by atoms with Crippen LogP contribution in [0, 0.1) is 0 Å². The fourth-order valence-electron chi connectivity index (χ4n) is 1.23. The van der Waals surface area contributed by atoms with Crippen LogP contribution in [-0.2, 0) is 4.57 Å². The molecule has 1 aromatic heterocycles. The van der Waals surface area contributed by atoms with Gasteiger partial charge in [0.1, 0.15) is 5.82 Å². The second kappa shape index (κ2) is 8.04. The Labute approximate surface area is 125 Å². The minimum Gasteiger partial charge on any atom is -0.321 e. The largest absolute Gasteiger partial charge is 0.348 e. The Morgan fingerprint density at radius 1 is 1.27 bits per heavy atom. The van der Waals surface area contributed by atoms with Crippen LogP contribution in [-0.4, -0.2) is 25.7 Å². The second-order valence-electron chi connectivity index (χ2n) is 3.88. The summed E-state index contributed by atoms with van der Waals surface area (Å²) in [5.41, 5.74) is 0.0334. The first kappa shape index (κ1) is 17.5. The molecule has 2 rings (SSSR count). The predicted octanol–water partition coefficient (Wildman–Crippen LogP) is 1.33. The van der Waals surface area contributed by atoms with Crippen LogP contribution >= 0.6 is 7.60 Å².